The molecule has 1 amide bonds. The van der Waals surface area contributed by atoms with Crippen LogP contribution >= 0.6 is 0 Å². The summed E-state index contributed by atoms with van der Waals surface area (Å²) in [5, 5.41) is 3.26. The molecule has 3 heterocycles. The predicted octanol–water partition coefficient (Wildman–Crippen LogP) is 6.54. The van der Waals surface area contributed by atoms with Gasteiger partial charge < -0.3 is 15.1 Å². The Labute approximate surface area is 245 Å². The Morgan fingerprint density at radius 3 is 2.48 bits per heavy atom. The highest BCUT2D eigenvalue weighted by Crippen LogP contribution is 2.36. The number of amides is 1. The summed E-state index contributed by atoms with van der Waals surface area (Å²) in [6, 6.07) is 15.3. The number of aromatic nitrogens is 1. The van der Waals surface area contributed by atoms with Crippen LogP contribution in [0.25, 0.3) is 11.1 Å². The number of fused-ring (bicyclic) bond motifs is 1. The van der Waals surface area contributed by atoms with Crippen molar-refractivity contribution in [3.05, 3.63) is 77.5 Å². The largest absolute Gasteiger partial charge is 0.416 e. The number of alkyl halides is 3. The molecule has 1 saturated heterocycles. The zero-order valence-electron chi connectivity index (χ0n) is 23.9. The van der Waals surface area contributed by atoms with Crippen LogP contribution in [0.3, 0.4) is 0 Å². The molecule has 2 aliphatic heterocycles. The van der Waals surface area contributed by atoms with Crippen molar-refractivity contribution in [1.29, 1.82) is 0 Å². The molecule has 0 unspecified atom stereocenters. The second-order valence-electron chi connectivity index (χ2n) is 11.8. The van der Waals surface area contributed by atoms with Crippen LogP contribution in [-0.2, 0) is 12.7 Å². The SMILES string of the molecule is O=C(c1cccc(-c2cnc3c(c2)N(Cc2ccccc2C(F)(F)F)CCN3)c1)N1CCN(CC2CCCCC2)CC1. The van der Waals surface area contributed by atoms with Gasteiger partial charge in [0.1, 0.15) is 5.82 Å². The number of halogens is 3. The molecular formula is C33H38F3N5O. The van der Waals surface area contributed by atoms with Gasteiger partial charge in [0.25, 0.3) is 5.91 Å². The van der Waals surface area contributed by atoms with Crippen LogP contribution in [0.15, 0.2) is 60.8 Å². The molecule has 0 atom stereocenters. The lowest BCUT2D eigenvalue weighted by atomic mass is 9.89. The number of carbonyl (C=O) groups is 1. The fourth-order valence-electron chi connectivity index (χ4n) is 6.61. The van der Waals surface area contributed by atoms with E-state index >= 15 is 0 Å². The molecule has 2 aromatic carbocycles. The van der Waals surface area contributed by atoms with Gasteiger partial charge in [-0.25, -0.2) is 4.98 Å². The van der Waals surface area contributed by atoms with E-state index < -0.39 is 11.7 Å². The summed E-state index contributed by atoms with van der Waals surface area (Å²) in [5.74, 6) is 1.48. The van der Waals surface area contributed by atoms with Gasteiger partial charge in [-0.1, -0.05) is 49.6 Å². The van der Waals surface area contributed by atoms with Crippen molar-refractivity contribution in [2.45, 2.75) is 44.8 Å². The number of nitrogens with zero attached hydrogens (tertiary/aromatic N) is 4. The summed E-state index contributed by atoms with van der Waals surface area (Å²) in [7, 11) is 0. The maximum atomic E-state index is 13.7. The second-order valence-corrected chi connectivity index (χ2v) is 11.8. The summed E-state index contributed by atoms with van der Waals surface area (Å²) in [5.41, 5.74) is 2.68. The Morgan fingerprint density at radius 2 is 1.69 bits per heavy atom. The lowest BCUT2D eigenvalue weighted by Gasteiger charge is -2.37. The van der Waals surface area contributed by atoms with E-state index in [2.05, 4.69) is 15.2 Å². The van der Waals surface area contributed by atoms with Gasteiger partial charge in [0.15, 0.2) is 0 Å². The molecule has 9 heteroatoms. The van der Waals surface area contributed by atoms with Crippen LogP contribution in [-0.4, -0.2) is 66.5 Å². The third-order valence-corrected chi connectivity index (χ3v) is 8.91. The van der Waals surface area contributed by atoms with Crippen LogP contribution < -0.4 is 10.2 Å². The number of piperazine rings is 1. The first-order valence-corrected chi connectivity index (χ1v) is 15.1. The molecule has 0 radical (unpaired) electrons. The van der Waals surface area contributed by atoms with Crippen molar-refractivity contribution < 1.29 is 18.0 Å². The smallest absolute Gasteiger partial charge is 0.367 e. The number of anilines is 2. The minimum Gasteiger partial charge on any atom is -0.367 e. The second kappa shape index (κ2) is 12.3. The maximum absolute atomic E-state index is 13.7. The minimum absolute atomic E-state index is 0.0344. The highest BCUT2D eigenvalue weighted by Gasteiger charge is 2.34. The quantitative estimate of drug-likeness (QED) is 0.361. The van der Waals surface area contributed by atoms with Crippen LogP contribution in [0.5, 0.6) is 0 Å². The highest BCUT2D eigenvalue weighted by molar-refractivity contribution is 5.95. The Bertz CT molecular complexity index is 1400. The Balaban J connectivity index is 1.16. The first kappa shape index (κ1) is 28.5. The third kappa shape index (κ3) is 6.41. The Morgan fingerprint density at radius 1 is 0.905 bits per heavy atom. The van der Waals surface area contributed by atoms with Gasteiger partial charge >= 0.3 is 6.18 Å². The summed E-state index contributed by atoms with van der Waals surface area (Å²) >= 11 is 0. The summed E-state index contributed by atoms with van der Waals surface area (Å²) in [6.45, 7) is 5.71. The van der Waals surface area contributed by atoms with Gasteiger partial charge in [-0.2, -0.15) is 13.2 Å². The van der Waals surface area contributed by atoms with Gasteiger partial charge in [0.05, 0.1) is 11.3 Å². The topological polar surface area (TPSA) is 51.7 Å². The van der Waals surface area contributed by atoms with Crippen molar-refractivity contribution in [3.8, 4) is 11.1 Å². The lowest BCUT2D eigenvalue weighted by molar-refractivity contribution is -0.138. The first-order chi connectivity index (χ1) is 20.3. The molecule has 6 nitrogen and oxygen atoms in total. The minimum atomic E-state index is -4.41. The molecule has 0 bridgehead atoms. The van der Waals surface area contributed by atoms with Crippen LogP contribution in [0, 0.1) is 5.92 Å². The average molecular weight is 578 g/mol. The van der Waals surface area contributed by atoms with Gasteiger partial charge in [-0.3, -0.25) is 9.69 Å². The number of carbonyl (C=O) groups excluding carboxylic acids is 1. The van der Waals surface area contributed by atoms with Crippen LogP contribution in [0.2, 0.25) is 0 Å². The van der Waals surface area contributed by atoms with Crippen molar-refractivity contribution >= 4 is 17.4 Å². The fraction of sp³-hybridized carbons (Fsp3) is 0.455. The summed E-state index contributed by atoms with van der Waals surface area (Å²) in [4.78, 5) is 24.5. The number of rotatable bonds is 6. The highest BCUT2D eigenvalue weighted by atomic mass is 19.4. The monoisotopic (exact) mass is 577 g/mol. The molecule has 42 heavy (non-hydrogen) atoms. The Hall–Kier alpha value is -3.59. The Kier molecular flexibility index (Phi) is 8.38. The van der Waals surface area contributed by atoms with Crippen LogP contribution in [0.1, 0.15) is 53.6 Å². The number of benzene rings is 2. The number of nitrogens with one attached hydrogen (secondary N) is 1. The molecule has 1 N–H and O–H groups in total. The van der Waals surface area contributed by atoms with Gasteiger partial charge in [0, 0.05) is 69.7 Å². The van der Waals surface area contributed by atoms with E-state index in [1.165, 1.54) is 44.2 Å². The standard InChI is InChI=1S/C33H38F3N5O/c34-33(35,36)29-12-5-4-9-27(29)23-41-14-13-37-31-30(41)20-28(21-38-31)25-10-6-11-26(19-25)32(42)40-17-15-39(16-18-40)22-24-7-2-1-3-8-24/h4-6,9-12,19-21,24H,1-3,7-8,13-18,22-23H2,(H,37,38). The molecule has 1 saturated carbocycles. The van der Waals surface area contributed by atoms with Crippen molar-refractivity contribution in [2.75, 3.05) is 56.0 Å². The van der Waals surface area contributed by atoms with E-state index in [0.29, 0.717) is 24.5 Å². The van der Waals surface area contributed by atoms with Crippen molar-refractivity contribution in [1.82, 2.24) is 14.8 Å². The average Bonchev–Trinajstić information content (AvgIpc) is 3.01. The molecule has 3 aliphatic rings. The summed E-state index contributed by atoms with van der Waals surface area (Å²) in [6.07, 6.45) is 4.07. The molecule has 1 aromatic heterocycles. The molecule has 1 aliphatic carbocycles. The van der Waals surface area contributed by atoms with Gasteiger partial charge in [0.2, 0.25) is 0 Å². The molecule has 3 aromatic rings. The van der Waals surface area contributed by atoms with Crippen molar-refractivity contribution in [2.24, 2.45) is 5.92 Å². The number of hydrogen-bond acceptors (Lipinski definition) is 5. The van der Waals surface area contributed by atoms with Gasteiger partial charge in [-0.05, 0) is 54.2 Å². The molecule has 6 rings (SSSR count). The molecular weight excluding hydrogens is 539 g/mol. The zero-order chi connectivity index (χ0) is 29.1. The normalized spacial score (nSPS) is 18.5. The first-order valence-electron chi connectivity index (χ1n) is 15.1. The summed E-state index contributed by atoms with van der Waals surface area (Å²) < 4.78 is 41.0. The van der Waals surface area contributed by atoms with E-state index in [1.54, 1.807) is 12.3 Å². The van der Waals surface area contributed by atoms with E-state index in [4.69, 9.17) is 0 Å². The fourth-order valence-corrected chi connectivity index (χ4v) is 6.61. The third-order valence-electron chi connectivity index (χ3n) is 8.91. The van der Waals surface area contributed by atoms with E-state index in [-0.39, 0.29) is 18.0 Å². The van der Waals surface area contributed by atoms with Crippen molar-refractivity contribution in [3.63, 3.8) is 0 Å². The van der Waals surface area contributed by atoms with E-state index in [0.717, 1.165) is 61.5 Å². The van der Waals surface area contributed by atoms with Crippen LogP contribution in [0.4, 0.5) is 24.7 Å². The maximum Gasteiger partial charge on any atom is 0.416 e. The zero-order valence-corrected chi connectivity index (χ0v) is 23.9. The lowest BCUT2D eigenvalue weighted by Crippen LogP contribution is -2.49. The predicted molar refractivity (Wildman–Crippen MR) is 160 cm³/mol. The molecule has 0 spiro atoms. The number of pyridine rings is 1. The van der Waals surface area contributed by atoms with E-state index in [9.17, 15) is 18.0 Å². The molecule has 222 valence electrons. The number of hydrogen-bond donors (Lipinski definition) is 1. The molecule has 2 fully saturated rings. The van der Waals surface area contributed by atoms with Gasteiger partial charge in [-0.15, -0.1) is 0 Å². The van der Waals surface area contributed by atoms with E-state index in [1.807, 2.05) is 40.1 Å².